The molecule has 0 bridgehead atoms. The number of nitriles is 1. The summed E-state index contributed by atoms with van der Waals surface area (Å²) in [6, 6.07) is 19.4. The molecule has 0 radical (unpaired) electrons. The molecule has 2 atom stereocenters. The van der Waals surface area contributed by atoms with Gasteiger partial charge in [-0.05, 0) is 43.8 Å². The van der Waals surface area contributed by atoms with Gasteiger partial charge in [0.1, 0.15) is 18.5 Å². The Morgan fingerprint density at radius 1 is 1.13 bits per heavy atom. The van der Waals surface area contributed by atoms with Crippen molar-refractivity contribution >= 4 is 0 Å². The highest BCUT2D eigenvalue weighted by atomic mass is 16.5. The lowest BCUT2D eigenvalue weighted by Crippen LogP contribution is -2.34. The molecular weight excluding hydrogens is 288 g/mol. The highest BCUT2D eigenvalue weighted by Gasteiger charge is 2.15. The van der Waals surface area contributed by atoms with Gasteiger partial charge in [0.05, 0.1) is 11.6 Å². The number of ether oxygens (including phenoxy) is 1. The average Bonchev–Trinajstić information content (AvgIpc) is 2.60. The third kappa shape index (κ3) is 5.10. The van der Waals surface area contributed by atoms with Crippen molar-refractivity contribution in [3.63, 3.8) is 0 Å². The van der Waals surface area contributed by atoms with Gasteiger partial charge in [0.2, 0.25) is 0 Å². The lowest BCUT2D eigenvalue weighted by atomic mass is 10.1. The van der Waals surface area contributed by atoms with Gasteiger partial charge in [0.15, 0.2) is 0 Å². The molecule has 0 fully saturated rings. The summed E-state index contributed by atoms with van der Waals surface area (Å²) < 4.78 is 5.57. The fraction of sp³-hybridized carbons (Fsp3) is 0.316. The van der Waals surface area contributed by atoms with Crippen LogP contribution >= 0.6 is 0 Å². The van der Waals surface area contributed by atoms with Crippen molar-refractivity contribution in [1.29, 1.82) is 5.26 Å². The predicted molar refractivity (Wildman–Crippen MR) is 90.1 cm³/mol. The zero-order valence-electron chi connectivity index (χ0n) is 13.5. The maximum Gasteiger partial charge on any atom is 0.119 e. The summed E-state index contributed by atoms with van der Waals surface area (Å²) in [5.74, 6) is 0.654. The van der Waals surface area contributed by atoms with Crippen molar-refractivity contribution in [2.75, 3.05) is 20.2 Å². The van der Waals surface area contributed by atoms with Crippen LogP contribution in [0.15, 0.2) is 54.6 Å². The van der Waals surface area contributed by atoms with Crippen molar-refractivity contribution in [1.82, 2.24) is 4.90 Å². The van der Waals surface area contributed by atoms with Gasteiger partial charge >= 0.3 is 0 Å². The van der Waals surface area contributed by atoms with Crippen molar-refractivity contribution in [3.8, 4) is 11.8 Å². The summed E-state index contributed by atoms with van der Waals surface area (Å²) >= 11 is 0. The molecular formula is C19H22N2O2. The Balaban J connectivity index is 1.81. The molecule has 2 aromatic carbocycles. The predicted octanol–water partition coefficient (Wildman–Crippen LogP) is 2.99. The number of aliphatic hydroxyl groups excluding tert-OH is 1. The van der Waals surface area contributed by atoms with E-state index >= 15 is 0 Å². The van der Waals surface area contributed by atoms with Crippen LogP contribution in [0.2, 0.25) is 0 Å². The number of nitrogens with zero attached hydrogens (tertiary/aromatic N) is 2. The molecule has 0 saturated carbocycles. The van der Waals surface area contributed by atoms with Gasteiger partial charge in [0.25, 0.3) is 0 Å². The van der Waals surface area contributed by atoms with Gasteiger partial charge in [-0.1, -0.05) is 30.3 Å². The molecule has 0 aliphatic carbocycles. The van der Waals surface area contributed by atoms with Gasteiger partial charge in [-0.3, -0.25) is 4.90 Å². The molecule has 0 amide bonds. The Labute approximate surface area is 137 Å². The first-order valence-corrected chi connectivity index (χ1v) is 7.66. The molecule has 1 N–H and O–H groups in total. The summed E-state index contributed by atoms with van der Waals surface area (Å²) in [7, 11) is 1.99. The van der Waals surface area contributed by atoms with Crippen LogP contribution in [0.1, 0.15) is 24.1 Å². The molecule has 4 heteroatoms. The second-order valence-electron chi connectivity index (χ2n) is 5.63. The third-order valence-electron chi connectivity index (χ3n) is 3.87. The van der Waals surface area contributed by atoms with Gasteiger partial charge in [-0.2, -0.15) is 5.26 Å². The highest BCUT2D eigenvalue weighted by molar-refractivity contribution is 5.34. The van der Waals surface area contributed by atoms with Crippen LogP contribution in [0.25, 0.3) is 0 Å². The molecule has 0 aliphatic heterocycles. The van der Waals surface area contributed by atoms with E-state index in [2.05, 4.69) is 30.0 Å². The minimum atomic E-state index is -0.582. The van der Waals surface area contributed by atoms with Gasteiger partial charge < -0.3 is 9.84 Å². The second kappa shape index (κ2) is 8.33. The molecule has 2 rings (SSSR count). The molecule has 0 aromatic heterocycles. The summed E-state index contributed by atoms with van der Waals surface area (Å²) in [6.45, 7) is 2.85. The van der Waals surface area contributed by atoms with Crippen molar-refractivity contribution in [2.24, 2.45) is 0 Å². The number of hydrogen-bond donors (Lipinski definition) is 1. The van der Waals surface area contributed by atoms with Crippen LogP contribution < -0.4 is 4.74 Å². The maximum atomic E-state index is 10.2. The molecule has 2 unspecified atom stereocenters. The largest absolute Gasteiger partial charge is 0.491 e. The maximum absolute atomic E-state index is 10.2. The van der Waals surface area contributed by atoms with Crippen LogP contribution in [0.3, 0.4) is 0 Å². The van der Waals surface area contributed by atoms with Crippen LogP contribution in [0.5, 0.6) is 5.75 Å². The minimum Gasteiger partial charge on any atom is -0.491 e. The first-order valence-electron chi connectivity index (χ1n) is 7.66. The summed E-state index contributed by atoms with van der Waals surface area (Å²) in [6.07, 6.45) is -0.582. The van der Waals surface area contributed by atoms with E-state index in [1.54, 1.807) is 24.3 Å². The Morgan fingerprint density at radius 3 is 2.39 bits per heavy atom. The van der Waals surface area contributed by atoms with Crippen LogP contribution in [-0.4, -0.2) is 36.3 Å². The van der Waals surface area contributed by atoms with Crippen molar-refractivity contribution in [2.45, 2.75) is 19.1 Å². The van der Waals surface area contributed by atoms with E-state index < -0.39 is 6.10 Å². The van der Waals surface area contributed by atoms with E-state index in [0.29, 0.717) is 17.9 Å². The Morgan fingerprint density at radius 2 is 1.78 bits per heavy atom. The fourth-order valence-corrected chi connectivity index (χ4v) is 2.35. The van der Waals surface area contributed by atoms with Crippen LogP contribution in [-0.2, 0) is 0 Å². The zero-order chi connectivity index (χ0) is 16.7. The molecule has 0 spiro atoms. The first-order chi connectivity index (χ1) is 11.1. The molecule has 23 heavy (non-hydrogen) atoms. The third-order valence-corrected chi connectivity index (χ3v) is 3.87. The Hall–Kier alpha value is -2.35. The van der Waals surface area contributed by atoms with E-state index in [1.165, 1.54) is 5.56 Å². The molecule has 4 nitrogen and oxygen atoms in total. The number of likely N-dealkylation sites (N-methyl/N-ethyl adjacent to an activating group) is 1. The number of rotatable bonds is 7. The van der Waals surface area contributed by atoms with Gasteiger partial charge in [-0.25, -0.2) is 0 Å². The molecule has 0 aliphatic rings. The number of hydrogen-bond acceptors (Lipinski definition) is 4. The van der Waals surface area contributed by atoms with Crippen molar-refractivity contribution < 1.29 is 9.84 Å². The number of aliphatic hydroxyl groups is 1. The van der Waals surface area contributed by atoms with E-state index in [9.17, 15) is 5.11 Å². The Kier molecular flexibility index (Phi) is 6.16. The second-order valence-corrected chi connectivity index (χ2v) is 5.63. The molecule has 0 heterocycles. The van der Waals surface area contributed by atoms with E-state index in [1.807, 2.05) is 25.2 Å². The van der Waals surface area contributed by atoms with Gasteiger partial charge in [-0.15, -0.1) is 0 Å². The first kappa shape index (κ1) is 17.0. The Bertz CT molecular complexity index is 635. The summed E-state index contributed by atoms with van der Waals surface area (Å²) in [5.41, 5.74) is 1.81. The smallest absolute Gasteiger partial charge is 0.119 e. The summed E-state index contributed by atoms with van der Waals surface area (Å²) in [4.78, 5) is 2.10. The standard InChI is InChI=1S/C19H22N2O2/c1-15(17-6-4-3-5-7-17)21(2)13-18(22)14-23-19-10-8-16(12-20)9-11-19/h3-11,15,18,22H,13-14H2,1-2H3. The monoisotopic (exact) mass is 310 g/mol. The average molecular weight is 310 g/mol. The fourth-order valence-electron chi connectivity index (χ4n) is 2.35. The van der Waals surface area contributed by atoms with E-state index in [4.69, 9.17) is 10.00 Å². The number of benzene rings is 2. The molecule has 2 aromatic rings. The van der Waals surface area contributed by atoms with Gasteiger partial charge in [0, 0.05) is 12.6 Å². The lowest BCUT2D eigenvalue weighted by Gasteiger charge is -2.27. The van der Waals surface area contributed by atoms with Crippen LogP contribution in [0.4, 0.5) is 0 Å². The SMILES string of the molecule is CC(c1ccccc1)N(C)CC(O)COc1ccc(C#N)cc1. The zero-order valence-corrected chi connectivity index (χ0v) is 13.5. The topological polar surface area (TPSA) is 56.5 Å². The minimum absolute atomic E-state index is 0.220. The van der Waals surface area contributed by atoms with E-state index in [-0.39, 0.29) is 12.6 Å². The quantitative estimate of drug-likeness (QED) is 0.854. The molecule has 120 valence electrons. The van der Waals surface area contributed by atoms with Crippen molar-refractivity contribution in [3.05, 3.63) is 65.7 Å². The highest BCUT2D eigenvalue weighted by Crippen LogP contribution is 2.18. The van der Waals surface area contributed by atoms with E-state index in [0.717, 1.165) is 0 Å². The molecule has 0 saturated heterocycles. The normalized spacial score (nSPS) is 13.3. The van der Waals surface area contributed by atoms with Crippen LogP contribution in [0, 0.1) is 11.3 Å². The summed E-state index contributed by atoms with van der Waals surface area (Å²) in [5, 5.41) is 18.9. The lowest BCUT2D eigenvalue weighted by molar-refractivity contribution is 0.0654.